The molecule has 0 bridgehead atoms. The molecule has 3 rings (SSSR count). The van der Waals surface area contributed by atoms with Gasteiger partial charge in [0.25, 0.3) is 5.91 Å². The number of nitrogens with zero attached hydrogens (tertiary/aromatic N) is 1. The molecule has 0 radical (unpaired) electrons. The highest BCUT2D eigenvalue weighted by atomic mass is 32.1. The molecule has 1 heterocycles. The molecular formula is C18H17N3OS2. The van der Waals surface area contributed by atoms with Crippen LogP contribution in [0.1, 0.15) is 22.2 Å². The van der Waals surface area contributed by atoms with E-state index in [1.54, 1.807) is 4.57 Å². The van der Waals surface area contributed by atoms with Gasteiger partial charge in [-0.2, -0.15) is 0 Å². The van der Waals surface area contributed by atoms with Gasteiger partial charge in [0.15, 0.2) is 3.95 Å². The summed E-state index contributed by atoms with van der Waals surface area (Å²) in [5.41, 5.74) is 9.03. The lowest BCUT2D eigenvalue weighted by Crippen LogP contribution is -2.13. The molecule has 0 fully saturated rings. The Balaban J connectivity index is 1.94. The normalized spacial score (nSPS) is 10.5. The second-order valence-corrected chi connectivity index (χ2v) is 6.90. The number of nitrogens with two attached hydrogens (primary N) is 1. The van der Waals surface area contributed by atoms with Crippen LogP contribution in [-0.4, -0.2) is 10.5 Å². The van der Waals surface area contributed by atoms with Crippen molar-refractivity contribution in [2.24, 2.45) is 0 Å². The molecule has 0 aliphatic carbocycles. The maximum Gasteiger partial charge on any atom is 0.269 e. The van der Waals surface area contributed by atoms with Crippen LogP contribution in [0, 0.1) is 3.95 Å². The van der Waals surface area contributed by atoms with Crippen LogP contribution in [0.3, 0.4) is 0 Å². The zero-order valence-corrected chi connectivity index (χ0v) is 14.8. The third kappa shape index (κ3) is 3.25. The van der Waals surface area contributed by atoms with Gasteiger partial charge < -0.3 is 11.1 Å². The van der Waals surface area contributed by atoms with Crippen molar-refractivity contribution in [1.82, 2.24) is 4.57 Å². The summed E-state index contributed by atoms with van der Waals surface area (Å²) in [6.07, 6.45) is 0.968. The number of para-hydroxylation sites is 1. The second kappa shape index (κ2) is 6.98. The van der Waals surface area contributed by atoms with E-state index in [9.17, 15) is 4.79 Å². The molecule has 2 aromatic carbocycles. The van der Waals surface area contributed by atoms with Crippen molar-refractivity contribution in [3.05, 3.63) is 69.0 Å². The van der Waals surface area contributed by atoms with E-state index < -0.39 is 0 Å². The van der Waals surface area contributed by atoms with Gasteiger partial charge >= 0.3 is 0 Å². The largest absolute Gasteiger partial charge is 0.383 e. The Kier molecular flexibility index (Phi) is 4.78. The van der Waals surface area contributed by atoms with E-state index in [1.165, 1.54) is 16.9 Å². The van der Waals surface area contributed by atoms with E-state index in [0.717, 1.165) is 17.8 Å². The summed E-state index contributed by atoms with van der Waals surface area (Å²) in [5, 5.41) is 2.84. The molecule has 0 saturated carbocycles. The Morgan fingerprint density at radius 3 is 2.46 bits per heavy atom. The molecule has 3 N–H and O–H groups in total. The second-order valence-electron chi connectivity index (χ2n) is 5.26. The van der Waals surface area contributed by atoms with Crippen molar-refractivity contribution in [1.29, 1.82) is 0 Å². The zero-order chi connectivity index (χ0) is 17.1. The number of aryl methyl sites for hydroxylation is 1. The number of amides is 1. The van der Waals surface area contributed by atoms with E-state index in [1.807, 2.05) is 54.6 Å². The molecule has 122 valence electrons. The molecule has 0 aliphatic rings. The van der Waals surface area contributed by atoms with Gasteiger partial charge in [-0.05, 0) is 48.5 Å². The Morgan fingerprint density at radius 2 is 1.83 bits per heavy atom. The van der Waals surface area contributed by atoms with Crippen LogP contribution in [0.4, 0.5) is 11.5 Å². The Hall–Kier alpha value is -2.44. The zero-order valence-electron chi connectivity index (χ0n) is 13.2. The van der Waals surface area contributed by atoms with Crippen LogP contribution in [0.2, 0.25) is 0 Å². The topological polar surface area (TPSA) is 60.0 Å². The van der Waals surface area contributed by atoms with Gasteiger partial charge in [0.1, 0.15) is 10.7 Å². The maximum atomic E-state index is 12.5. The number of carbonyl (C=O) groups excluding carboxylic acids is 1. The summed E-state index contributed by atoms with van der Waals surface area (Å²) in [4.78, 5) is 12.9. The van der Waals surface area contributed by atoms with Gasteiger partial charge in [-0.15, -0.1) is 0 Å². The van der Waals surface area contributed by atoms with Crippen molar-refractivity contribution in [3.63, 3.8) is 0 Å². The molecule has 3 aromatic rings. The number of benzene rings is 2. The average Bonchev–Trinajstić information content (AvgIpc) is 2.90. The lowest BCUT2D eigenvalue weighted by Gasteiger charge is -2.08. The van der Waals surface area contributed by atoms with Gasteiger partial charge in [-0.25, -0.2) is 0 Å². The number of thiazole rings is 1. The standard InChI is InChI=1S/C18H17N3OS2/c1-2-12-8-10-14(11-9-12)21-16(19)15(24-18(21)23)17(22)20-13-6-4-3-5-7-13/h3-11H,2,19H2,1H3,(H,20,22). The average molecular weight is 355 g/mol. The first-order valence-electron chi connectivity index (χ1n) is 7.57. The summed E-state index contributed by atoms with van der Waals surface area (Å²) < 4.78 is 2.29. The molecule has 1 amide bonds. The number of carbonyl (C=O) groups is 1. The molecular weight excluding hydrogens is 338 g/mol. The van der Waals surface area contributed by atoms with Crippen molar-refractivity contribution in [3.8, 4) is 5.69 Å². The van der Waals surface area contributed by atoms with Crippen LogP contribution < -0.4 is 11.1 Å². The summed E-state index contributed by atoms with van der Waals surface area (Å²) in [6.45, 7) is 2.10. The SMILES string of the molecule is CCc1ccc(-n2c(N)c(C(=O)Nc3ccccc3)sc2=S)cc1. The van der Waals surface area contributed by atoms with Crippen LogP contribution in [-0.2, 0) is 6.42 Å². The molecule has 6 heteroatoms. The summed E-state index contributed by atoms with van der Waals surface area (Å²) in [6, 6.07) is 17.3. The van der Waals surface area contributed by atoms with Crippen molar-refractivity contribution in [2.45, 2.75) is 13.3 Å². The Labute approximate surface area is 149 Å². The van der Waals surface area contributed by atoms with Gasteiger partial charge in [-0.3, -0.25) is 9.36 Å². The minimum Gasteiger partial charge on any atom is -0.383 e. The Bertz CT molecular complexity index is 912. The minimum atomic E-state index is -0.251. The molecule has 0 saturated heterocycles. The molecule has 0 atom stereocenters. The van der Waals surface area contributed by atoms with Gasteiger partial charge in [0, 0.05) is 11.4 Å². The van der Waals surface area contributed by atoms with Crippen LogP contribution in [0.25, 0.3) is 5.69 Å². The summed E-state index contributed by atoms with van der Waals surface area (Å²) in [5.74, 6) is 0.112. The van der Waals surface area contributed by atoms with Crippen molar-refractivity contribution < 1.29 is 4.79 Å². The van der Waals surface area contributed by atoms with Gasteiger partial charge in [0.2, 0.25) is 0 Å². The third-order valence-corrected chi connectivity index (χ3v) is 5.07. The Morgan fingerprint density at radius 1 is 1.17 bits per heavy atom. The van der Waals surface area contributed by atoms with Crippen LogP contribution in [0.5, 0.6) is 0 Å². The first kappa shape index (κ1) is 16.4. The highest BCUT2D eigenvalue weighted by Crippen LogP contribution is 2.27. The first-order chi connectivity index (χ1) is 11.6. The van der Waals surface area contributed by atoms with E-state index in [4.69, 9.17) is 18.0 Å². The predicted octanol–water partition coefficient (Wildman–Crippen LogP) is 4.67. The van der Waals surface area contributed by atoms with Crippen LogP contribution in [0.15, 0.2) is 54.6 Å². The first-order valence-corrected chi connectivity index (χ1v) is 8.79. The van der Waals surface area contributed by atoms with Crippen molar-refractivity contribution in [2.75, 3.05) is 11.1 Å². The van der Waals surface area contributed by atoms with Gasteiger partial charge in [-0.1, -0.05) is 48.6 Å². The number of rotatable bonds is 4. The highest BCUT2D eigenvalue weighted by molar-refractivity contribution is 7.73. The molecule has 4 nitrogen and oxygen atoms in total. The third-order valence-electron chi connectivity index (χ3n) is 3.69. The maximum absolute atomic E-state index is 12.5. The minimum absolute atomic E-state index is 0.251. The lowest BCUT2D eigenvalue weighted by atomic mass is 10.1. The number of anilines is 2. The quantitative estimate of drug-likeness (QED) is 0.669. The van der Waals surface area contributed by atoms with Crippen molar-refractivity contribution >= 4 is 41.0 Å². The lowest BCUT2D eigenvalue weighted by molar-refractivity contribution is 0.103. The van der Waals surface area contributed by atoms with E-state index >= 15 is 0 Å². The van der Waals surface area contributed by atoms with E-state index in [-0.39, 0.29) is 5.91 Å². The number of hydrogen-bond donors (Lipinski definition) is 2. The summed E-state index contributed by atoms with van der Waals surface area (Å²) >= 11 is 6.62. The monoisotopic (exact) mass is 355 g/mol. The fourth-order valence-electron chi connectivity index (χ4n) is 2.38. The predicted molar refractivity (Wildman–Crippen MR) is 103 cm³/mol. The molecule has 0 spiro atoms. The highest BCUT2D eigenvalue weighted by Gasteiger charge is 2.18. The van der Waals surface area contributed by atoms with Gasteiger partial charge in [0.05, 0.1) is 0 Å². The fraction of sp³-hybridized carbons (Fsp3) is 0.111. The molecule has 0 unspecified atom stereocenters. The van der Waals surface area contributed by atoms with E-state index in [0.29, 0.717) is 14.6 Å². The fourth-order valence-corrected chi connectivity index (χ4v) is 3.65. The van der Waals surface area contributed by atoms with E-state index in [2.05, 4.69) is 12.2 Å². The number of nitrogens with one attached hydrogen (secondary N) is 1. The number of aromatic nitrogens is 1. The molecule has 0 aliphatic heterocycles. The molecule has 1 aromatic heterocycles. The smallest absolute Gasteiger partial charge is 0.269 e. The number of hydrogen-bond acceptors (Lipinski definition) is 4. The number of nitrogen functional groups attached to an aromatic ring is 1. The molecule has 24 heavy (non-hydrogen) atoms. The summed E-state index contributed by atoms with van der Waals surface area (Å²) in [7, 11) is 0. The van der Waals surface area contributed by atoms with Crippen LogP contribution >= 0.6 is 23.6 Å².